The van der Waals surface area contributed by atoms with Gasteiger partial charge in [-0.3, -0.25) is 4.79 Å². The Balaban J connectivity index is 0.00000145. The van der Waals surface area contributed by atoms with Crippen LogP contribution in [0.4, 0.5) is 0 Å². The Morgan fingerprint density at radius 3 is 2.34 bits per heavy atom. The van der Waals surface area contributed by atoms with Crippen LogP contribution >= 0.6 is 11.6 Å². The molecule has 0 aromatic heterocycles. The Morgan fingerprint density at radius 1 is 1.14 bits per heavy atom. The molecule has 6 nitrogen and oxygen atoms in total. The van der Waals surface area contributed by atoms with Gasteiger partial charge in [0.2, 0.25) is 0 Å². The Morgan fingerprint density at radius 2 is 1.76 bits per heavy atom. The van der Waals surface area contributed by atoms with Crippen LogP contribution in [0.3, 0.4) is 0 Å². The van der Waals surface area contributed by atoms with Gasteiger partial charge in [0.15, 0.2) is 16.4 Å². The zero-order valence-electron chi connectivity index (χ0n) is 16.5. The number of carbonyl (C=O) groups is 1. The number of benzene rings is 2. The summed E-state index contributed by atoms with van der Waals surface area (Å²) in [5.74, 6) is 0.264. The molecule has 1 aliphatic heterocycles. The number of aliphatic hydroxyl groups excluding tert-OH is 1. The molecular weight excluding hydrogens is 414 g/mol. The fourth-order valence-corrected chi connectivity index (χ4v) is 4.77. The highest BCUT2D eigenvalue weighted by molar-refractivity contribution is 7.92. The van der Waals surface area contributed by atoms with Crippen LogP contribution in [0, 0.1) is 0 Å². The predicted octanol–water partition coefficient (Wildman–Crippen LogP) is 3.31. The molecule has 1 unspecified atom stereocenters. The average Bonchev–Trinajstić information content (AvgIpc) is 3.25. The standard InChI is InChI=1S/C19H20ClNO5S.C2H6/c20-15-3-7-17(8-4-15)27(24,25)18-9-10-21(11-18)19(23)13-26-16-5-1-14(12-22)2-6-16;1-2/h1-8,18,22H,9-13H2;1-2H3. The molecule has 1 atom stereocenters. The molecule has 1 fully saturated rings. The third-order valence-electron chi connectivity index (χ3n) is 4.55. The minimum Gasteiger partial charge on any atom is -0.484 e. The van der Waals surface area contributed by atoms with Crippen LogP contribution in [0.15, 0.2) is 53.4 Å². The Hall–Kier alpha value is -2.09. The van der Waals surface area contributed by atoms with Crippen molar-refractivity contribution >= 4 is 27.3 Å². The first-order valence-corrected chi connectivity index (χ1v) is 11.4. The summed E-state index contributed by atoms with van der Waals surface area (Å²) in [5, 5.41) is 8.86. The van der Waals surface area contributed by atoms with Crippen molar-refractivity contribution in [2.75, 3.05) is 19.7 Å². The highest BCUT2D eigenvalue weighted by atomic mass is 35.5. The largest absolute Gasteiger partial charge is 0.484 e. The van der Waals surface area contributed by atoms with Crippen LogP contribution in [0.5, 0.6) is 5.75 Å². The lowest BCUT2D eigenvalue weighted by molar-refractivity contribution is -0.132. The number of carbonyl (C=O) groups excluding carboxylic acids is 1. The molecule has 1 heterocycles. The number of halogens is 1. The number of ether oxygens (including phenoxy) is 1. The molecule has 1 aliphatic rings. The van der Waals surface area contributed by atoms with Crippen LogP contribution in [0.2, 0.25) is 5.02 Å². The van der Waals surface area contributed by atoms with Crippen molar-refractivity contribution in [2.45, 2.75) is 37.0 Å². The molecule has 29 heavy (non-hydrogen) atoms. The molecule has 0 radical (unpaired) electrons. The third kappa shape index (κ3) is 5.95. The van der Waals surface area contributed by atoms with E-state index in [1.165, 1.54) is 17.0 Å². The summed E-state index contributed by atoms with van der Waals surface area (Å²) in [6.45, 7) is 4.31. The van der Waals surface area contributed by atoms with E-state index in [-0.39, 0.29) is 30.6 Å². The molecule has 158 valence electrons. The van der Waals surface area contributed by atoms with E-state index in [0.717, 1.165) is 5.56 Å². The van der Waals surface area contributed by atoms with Crippen LogP contribution in [0.1, 0.15) is 25.8 Å². The predicted molar refractivity (Wildman–Crippen MR) is 113 cm³/mol. The van der Waals surface area contributed by atoms with Gasteiger partial charge in [0.25, 0.3) is 5.91 Å². The monoisotopic (exact) mass is 439 g/mol. The van der Waals surface area contributed by atoms with Crippen molar-refractivity contribution in [1.82, 2.24) is 4.90 Å². The normalized spacial score (nSPS) is 16.1. The van der Waals surface area contributed by atoms with Gasteiger partial charge in [-0.15, -0.1) is 0 Å². The van der Waals surface area contributed by atoms with Gasteiger partial charge in [0.1, 0.15) is 5.75 Å². The van der Waals surface area contributed by atoms with Gasteiger partial charge in [-0.2, -0.15) is 0 Å². The van der Waals surface area contributed by atoms with E-state index < -0.39 is 15.1 Å². The van der Waals surface area contributed by atoms with Crippen molar-refractivity contribution < 1.29 is 23.1 Å². The number of rotatable bonds is 6. The SMILES string of the molecule is CC.O=C(COc1ccc(CO)cc1)N1CCC(S(=O)(=O)c2ccc(Cl)cc2)C1. The highest BCUT2D eigenvalue weighted by Gasteiger charge is 2.36. The first-order valence-electron chi connectivity index (χ1n) is 9.50. The second-order valence-corrected chi connectivity index (χ2v) is 9.00. The van der Waals surface area contributed by atoms with E-state index in [4.69, 9.17) is 21.4 Å². The zero-order chi connectivity index (χ0) is 21.4. The van der Waals surface area contributed by atoms with Gasteiger partial charge in [-0.05, 0) is 48.4 Å². The summed E-state index contributed by atoms with van der Waals surface area (Å²) in [7, 11) is -3.51. The van der Waals surface area contributed by atoms with E-state index in [1.807, 2.05) is 13.8 Å². The molecule has 8 heteroatoms. The lowest BCUT2D eigenvalue weighted by Gasteiger charge is -2.17. The summed E-state index contributed by atoms with van der Waals surface area (Å²) < 4.78 is 30.9. The molecular formula is C21H26ClNO5S. The van der Waals surface area contributed by atoms with E-state index in [9.17, 15) is 13.2 Å². The minimum absolute atomic E-state index is 0.0591. The Labute approximate surface area is 177 Å². The van der Waals surface area contributed by atoms with Crippen molar-refractivity contribution in [1.29, 1.82) is 0 Å². The fraction of sp³-hybridized carbons (Fsp3) is 0.381. The van der Waals surface area contributed by atoms with E-state index in [0.29, 0.717) is 23.7 Å². The molecule has 1 saturated heterocycles. The van der Waals surface area contributed by atoms with Gasteiger partial charge in [-0.25, -0.2) is 8.42 Å². The van der Waals surface area contributed by atoms with E-state index >= 15 is 0 Å². The van der Waals surface area contributed by atoms with E-state index in [2.05, 4.69) is 0 Å². The molecule has 0 spiro atoms. The van der Waals surface area contributed by atoms with Gasteiger partial charge in [0.05, 0.1) is 16.8 Å². The number of hydrogen-bond donors (Lipinski definition) is 1. The molecule has 1 amide bonds. The maximum absolute atomic E-state index is 12.7. The second kappa shape index (κ2) is 10.6. The lowest BCUT2D eigenvalue weighted by atomic mass is 10.2. The van der Waals surface area contributed by atoms with Gasteiger partial charge in [0, 0.05) is 18.1 Å². The molecule has 0 saturated carbocycles. The molecule has 2 aromatic rings. The summed E-state index contributed by atoms with van der Waals surface area (Å²) in [4.78, 5) is 14.1. The zero-order valence-corrected chi connectivity index (χ0v) is 18.1. The van der Waals surface area contributed by atoms with Gasteiger partial charge >= 0.3 is 0 Å². The van der Waals surface area contributed by atoms with Crippen LogP contribution in [-0.2, 0) is 21.2 Å². The van der Waals surface area contributed by atoms with Crippen molar-refractivity contribution in [3.05, 3.63) is 59.1 Å². The fourth-order valence-electron chi connectivity index (χ4n) is 2.95. The summed E-state index contributed by atoms with van der Waals surface area (Å²) in [5.41, 5.74) is 0.753. The van der Waals surface area contributed by atoms with Gasteiger partial charge in [-0.1, -0.05) is 37.6 Å². The molecule has 3 rings (SSSR count). The first-order chi connectivity index (χ1) is 13.9. The summed E-state index contributed by atoms with van der Waals surface area (Å²) in [6, 6.07) is 12.8. The van der Waals surface area contributed by atoms with Crippen molar-refractivity contribution in [3.8, 4) is 5.75 Å². The minimum atomic E-state index is -3.51. The maximum atomic E-state index is 12.7. The Bertz CT molecular complexity index is 898. The number of sulfone groups is 1. The number of likely N-dealkylation sites (tertiary alicyclic amines) is 1. The maximum Gasteiger partial charge on any atom is 0.260 e. The van der Waals surface area contributed by atoms with Crippen LogP contribution in [-0.4, -0.2) is 49.3 Å². The topological polar surface area (TPSA) is 83.9 Å². The number of nitrogens with zero attached hydrogens (tertiary/aromatic N) is 1. The quantitative estimate of drug-likeness (QED) is 0.746. The Kier molecular flexibility index (Phi) is 8.49. The molecule has 1 N–H and O–H groups in total. The molecule has 2 aromatic carbocycles. The van der Waals surface area contributed by atoms with Crippen LogP contribution in [0.25, 0.3) is 0 Å². The number of hydrogen-bond acceptors (Lipinski definition) is 5. The molecule has 0 aliphatic carbocycles. The van der Waals surface area contributed by atoms with Crippen LogP contribution < -0.4 is 4.74 Å². The summed E-state index contributed by atoms with van der Waals surface area (Å²) in [6.07, 6.45) is 0.391. The summed E-state index contributed by atoms with van der Waals surface area (Å²) >= 11 is 5.81. The van der Waals surface area contributed by atoms with E-state index in [1.54, 1.807) is 36.4 Å². The lowest BCUT2D eigenvalue weighted by Crippen LogP contribution is -2.35. The van der Waals surface area contributed by atoms with Crippen molar-refractivity contribution in [3.63, 3.8) is 0 Å². The third-order valence-corrected chi connectivity index (χ3v) is 6.99. The smallest absolute Gasteiger partial charge is 0.260 e. The number of aliphatic hydroxyl groups is 1. The van der Waals surface area contributed by atoms with Gasteiger partial charge < -0.3 is 14.7 Å². The second-order valence-electron chi connectivity index (χ2n) is 6.34. The highest BCUT2D eigenvalue weighted by Crippen LogP contribution is 2.25. The number of amides is 1. The molecule has 0 bridgehead atoms. The van der Waals surface area contributed by atoms with Crippen molar-refractivity contribution in [2.24, 2.45) is 0 Å². The average molecular weight is 440 g/mol. The first kappa shape index (κ1) is 23.2.